The Balaban J connectivity index is 1.66. The van der Waals surface area contributed by atoms with E-state index >= 15 is 0 Å². The summed E-state index contributed by atoms with van der Waals surface area (Å²) in [6.45, 7) is 7.43. The quantitative estimate of drug-likeness (QED) is 0.834. The Morgan fingerprint density at radius 1 is 1.33 bits per heavy atom. The maximum atomic E-state index is 10.3. The molecule has 0 aromatic heterocycles. The number of fused-ring (bicyclic) bond motifs is 2. The Bertz CT molecular complexity index is 528. The Labute approximate surface area is 127 Å². The molecule has 2 aliphatic carbocycles. The maximum Gasteiger partial charge on any atom is 0.104 e. The first-order valence-electron chi connectivity index (χ1n) is 8.00. The molecule has 0 saturated heterocycles. The molecule has 0 amide bonds. The molecule has 3 N–H and O–H groups in total. The number of aliphatic hydroxyl groups is 1. The van der Waals surface area contributed by atoms with Gasteiger partial charge in [-0.05, 0) is 42.1 Å². The summed E-state index contributed by atoms with van der Waals surface area (Å²) in [5.41, 5.74) is 7.90. The summed E-state index contributed by atoms with van der Waals surface area (Å²) in [6.07, 6.45) is 3.29. The summed E-state index contributed by atoms with van der Waals surface area (Å²) in [4.78, 5) is 0. The second-order valence-corrected chi connectivity index (χ2v) is 7.58. The van der Waals surface area contributed by atoms with Crippen molar-refractivity contribution in [2.45, 2.75) is 52.2 Å². The van der Waals surface area contributed by atoms with Crippen LogP contribution in [-0.2, 0) is 4.74 Å². The standard InChI is InChI=1S/C18H27NO2/c1-17(2)12-8-9-18(17,3)16(10-12)21-11-15(20)13-6-4-5-7-14(13)19/h4-7,12,15-16,20H,8-11,19H2,1-3H3. The van der Waals surface area contributed by atoms with Gasteiger partial charge in [-0.3, -0.25) is 0 Å². The van der Waals surface area contributed by atoms with Crippen molar-refractivity contribution < 1.29 is 9.84 Å². The second kappa shape index (κ2) is 4.99. The van der Waals surface area contributed by atoms with Gasteiger partial charge in [0, 0.05) is 11.3 Å². The van der Waals surface area contributed by atoms with Crippen molar-refractivity contribution in [3.8, 4) is 0 Å². The third-order valence-corrected chi connectivity index (χ3v) is 6.52. The number of rotatable bonds is 4. The fourth-order valence-electron chi connectivity index (χ4n) is 4.49. The Kier molecular flexibility index (Phi) is 3.53. The van der Waals surface area contributed by atoms with E-state index in [4.69, 9.17) is 10.5 Å². The molecule has 1 aromatic carbocycles. The summed E-state index contributed by atoms with van der Waals surface area (Å²) in [7, 11) is 0. The third kappa shape index (κ3) is 2.18. The molecule has 0 heterocycles. The third-order valence-electron chi connectivity index (χ3n) is 6.52. The maximum absolute atomic E-state index is 10.3. The Morgan fingerprint density at radius 2 is 2.05 bits per heavy atom. The zero-order chi connectivity index (χ0) is 15.3. The van der Waals surface area contributed by atoms with Crippen LogP contribution in [0.4, 0.5) is 5.69 Å². The monoisotopic (exact) mass is 289 g/mol. The van der Waals surface area contributed by atoms with Crippen LogP contribution >= 0.6 is 0 Å². The van der Waals surface area contributed by atoms with Crippen molar-refractivity contribution in [3.63, 3.8) is 0 Å². The van der Waals surface area contributed by atoms with Crippen LogP contribution in [0, 0.1) is 16.7 Å². The number of para-hydroxylation sites is 1. The van der Waals surface area contributed by atoms with Gasteiger partial charge in [-0.2, -0.15) is 0 Å². The van der Waals surface area contributed by atoms with Crippen molar-refractivity contribution in [2.75, 3.05) is 12.3 Å². The molecule has 0 radical (unpaired) electrons. The smallest absolute Gasteiger partial charge is 0.104 e. The molecule has 2 fully saturated rings. The number of hydrogen-bond donors (Lipinski definition) is 2. The molecule has 0 spiro atoms. The number of benzene rings is 1. The summed E-state index contributed by atoms with van der Waals surface area (Å²) in [6, 6.07) is 7.47. The lowest BCUT2D eigenvalue weighted by atomic mass is 9.70. The summed E-state index contributed by atoms with van der Waals surface area (Å²) in [5, 5.41) is 10.3. The number of ether oxygens (including phenoxy) is 1. The second-order valence-electron chi connectivity index (χ2n) is 7.58. The molecule has 4 unspecified atom stereocenters. The van der Waals surface area contributed by atoms with Gasteiger partial charge in [-0.25, -0.2) is 0 Å². The van der Waals surface area contributed by atoms with Crippen molar-refractivity contribution >= 4 is 5.69 Å². The van der Waals surface area contributed by atoms with E-state index in [-0.39, 0.29) is 11.5 Å². The molecule has 2 aliphatic rings. The highest BCUT2D eigenvalue weighted by atomic mass is 16.5. The van der Waals surface area contributed by atoms with Gasteiger partial charge in [0.15, 0.2) is 0 Å². The minimum atomic E-state index is -0.642. The van der Waals surface area contributed by atoms with Crippen LogP contribution in [-0.4, -0.2) is 17.8 Å². The van der Waals surface area contributed by atoms with Crippen molar-refractivity contribution in [2.24, 2.45) is 16.7 Å². The topological polar surface area (TPSA) is 55.5 Å². The zero-order valence-corrected chi connectivity index (χ0v) is 13.3. The van der Waals surface area contributed by atoms with Gasteiger partial charge in [0.05, 0.1) is 12.7 Å². The van der Waals surface area contributed by atoms with E-state index < -0.39 is 6.10 Å². The van der Waals surface area contributed by atoms with E-state index in [1.807, 2.05) is 24.3 Å². The van der Waals surface area contributed by atoms with E-state index in [1.165, 1.54) is 12.8 Å². The first-order chi connectivity index (χ1) is 9.86. The fraction of sp³-hybridized carbons (Fsp3) is 0.667. The molecule has 3 heteroatoms. The molecule has 3 rings (SSSR count). The summed E-state index contributed by atoms with van der Waals surface area (Å²) < 4.78 is 6.14. The molecular weight excluding hydrogens is 262 g/mol. The van der Waals surface area contributed by atoms with E-state index in [0.717, 1.165) is 17.9 Å². The van der Waals surface area contributed by atoms with Crippen LogP contribution < -0.4 is 5.73 Å². The molecule has 4 atom stereocenters. The molecule has 2 bridgehead atoms. The van der Waals surface area contributed by atoms with Crippen LogP contribution in [0.1, 0.15) is 51.7 Å². The number of aliphatic hydroxyl groups excluding tert-OH is 1. The van der Waals surface area contributed by atoms with Crippen LogP contribution in [0.5, 0.6) is 0 Å². The van der Waals surface area contributed by atoms with Gasteiger partial charge in [-0.15, -0.1) is 0 Å². The molecule has 21 heavy (non-hydrogen) atoms. The lowest BCUT2D eigenvalue weighted by molar-refractivity contribution is -0.0754. The highest BCUT2D eigenvalue weighted by molar-refractivity contribution is 5.47. The number of nitrogens with two attached hydrogens (primary N) is 1. The molecule has 2 saturated carbocycles. The number of anilines is 1. The Hall–Kier alpha value is -1.06. The molecule has 116 valence electrons. The predicted molar refractivity (Wildman–Crippen MR) is 84.8 cm³/mol. The van der Waals surface area contributed by atoms with Crippen LogP contribution in [0.25, 0.3) is 0 Å². The Morgan fingerprint density at radius 3 is 2.62 bits per heavy atom. The van der Waals surface area contributed by atoms with E-state index in [9.17, 15) is 5.11 Å². The van der Waals surface area contributed by atoms with Gasteiger partial charge in [0.25, 0.3) is 0 Å². The first-order valence-corrected chi connectivity index (χ1v) is 8.00. The first kappa shape index (κ1) is 14.9. The average molecular weight is 289 g/mol. The molecule has 1 aromatic rings. The molecule has 3 nitrogen and oxygen atoms in total. The van der Waals surface area contributed by atoms with Crippen LogP contribution in [0.3, 0.4) is 0 Å². The highest BCUT2D eigenvalue weighted by Gasteiger charge is 2.61. The zero-order valence-electron chi connectivity index (χ0n) is 13.3. The molecule has 0 aliphatic heterocycles. The van der Waals surface area contributed by atoms with E-state index in [1.54, 1.807) is 0 Å². The van der Waals surface area contributed by atoms with Crippen molar-refractivity contribution in [1.82, 2.24) is 0 Å². The summed E-state index contributed by atoms with van der Waals surface area (Å²) >= 11 is 0. The normalized spacial score (nSPS) is 35.0. The summed E-state index contributed by atoms with van der Waals surface area (Å²) in [5.74, 6) is 0.756. The minimum Gasteiger partial charge on any atom is -0.398 e. The lowest BCUT2D eigenvalue weighted by Crippen LogP contribution is -2.37. The van der Waals surface area contributed by atoms with E-state index in [2.05, 4.69) is 20.8 Å². The van der Waals surface area contributed by atoms with Gasteiger partial charge >= 0.3 is 0 Å². The van der Waals surface area contributed by atoms with Crippen molar-refractivity contribution in [1.29, 1.82) is 0 Å². The van der Waals surface area contributed by atoms with Gasteiger partial charge in [0.1, 0.15) is 6.10 Å². The highest BCUT2D eigenvalue weighted by Crippen LogP contribution is 2.66. The molecular formula is C18H27NO2. The van der Waals surface area contributed by atoms with Crippen LogP contribution in [0.2, 0.25) is 0 Å². The SMILES string of the molecule is CC1(C)C2CCC1(C)C(OCC(O)c1ccccc1N)C2. The van der Waals surface area contributed by atoms with Gasteiger partial charge in [-0.1, -0.05) is 39.0 Å². The minimum absolute atomic E-state index is 0.236. The van der Waals surface area contributed by atoms with Crippen LogP contribution in [0.15, 0.2) is 24.3 Å². The van der Waals surface area contributed by atoms with E-state index in [0.29, 0.717) is 17.7 Å². The number of nitrogen functional groups attached to an aromatic ring is 1. The predicted octanol–water partition coefficient (Wildman–Crippen LogP) is 3.53. The van der Waals surface area contributed by atoms with Gasteiger partial charge < -0.3 is 15.6 Å². The average Bonchev–Trinajstić information content (AvgIpc) is 2.78. The fourth-order valence-corrected chi connectivity index (χ4v) is 4.49. The largest absolute Gasteiger partial charge is 0.398 e. The number of hydrogen-bond acceptors (Lipinski definition) is 3. The lowest BCUT2D eigenvalue weighted by Gasteiger charge is -2.39. The van der Waals surface area contributed by atoms with Crippen molar-refractivity contribution in [3.05, 3.63) is 29.8 Å². The van der Waals surface area contributed by atoms with Gasteiger partial charge in [0.2, 0.25) is 0 Å².